The summed E-state index contributed by atoms with van der Waals surface area (Å²) in [5.41, 5.74) is 6.18. The van der Waals surface area contributed by atoms with Gasteiger partial charge in [-0.2, -0.15) is 0 Å². The van der Waals surface area contributed by atoms with Crippen molar-refractivity contribution in [1.82, 2.24) is 20.9 Å². The number of aliphatic hydroxyl groups excluding tert-OH is 3. The molecule has 4 amide bonds. The van der Waals surface area contributed by atoms with E-state index >= 15 is 0 Å². The number of allylic oxidation sites excluding steroid dienone is 2. The first-order valence-electron chi connectivity index (χ1n) is 25.9. The molecule has 0 unspecified atom stereocenters. The molecule has 1 aliphatic rings. The lowest BCUT2D eigenvalue weighted by Crippen LogP contribution is -2.75. The maximum Gasteiger partial charge on any atom is 0.408 e. The van der Waals surface area contributed by atoms with E-state index in [4.69, 9.17) is 15.2 Å². The minimum atomic E-state index is -2.26. The van der Waals surface area contributed by atoms with Crippen LogP contribution in [0.3, 0.4) is 0 Å². The number of amides is 4. The molecule has 15 nitrogen and oxygen atoms in total. The van der Waals surface area contributed by atoms with Crippen molar-refractivity contribution in [2.45, 2.75) is 257 Å². The van der Waals surface area contributed by atoms with Gasteiger partial charge >= 0.3 is 6.09 Å². The van der Waals surface area contributed by atoms with Gasteiger partial charge in [0.05, 0.1) is 19.3 Å². The topological polar surface area (TPSA) is 230 Å². The van der Waals surface area contributed by atoms with Crippen LogP contribution in [0.1, 0.15) is 215 Å². The van der Waals surface area contributed by atoms with Crippen molar-refractivity contribution >= 4 is 29.6 Å². The summed E-state index contributed by atoms with van der Waals surface area (Å²) in [6.45, 7) is 11.0. The second kappa shape index (κ2) is 35.1. The van der Waals surface area contributed by atoms with E-state index in [1.807, 2.05) is 0 Å². The number of carbonyl (C=O) groups excluding carboxylic acids is 5. The molecule has 0 bridgehead atoms. The molecule has 0 saturated carbocycles. The highest BCUT2D eigenvalue weighted by Crippen LogP contribution is 2.36. The van der Waals surface area contributed by atoms with Crippen LogP contribution in [0.5, 0.6) is 0 Å². The van der Waals surface area contributed by atoms with Crippen molar-refractivity contribution in [2.75, 3.05) is 19.7 Å². The SMILES string of the molecule is CCCCCCCC/C=C\CCCCCCCC(=O)N(CCCCCCCCCCCCCC)[C@]1(N)O[C@H](CO)[C@@H](O)[C@H](O)[C@H]1C(=O)CNC(=O)[C@H](C)NC(=O)[C@H](C)NC(=O)OC(C)(C)C. The lowest BCUT2D eigenvalue weighted by molar-refractivity contribution is -0.291. The second-order valence-corrected chi connectivity index (χ2v) is 19.6. The highest BCUT2D eigenvalue weighted by Gasteiger charge is 2.58. The number of nitrogens with one attached hydrogen (secondary N) is 3. The molecule has 1 fully saturated rings. The summed E-state index contributed by atoms with van der Waals surface area (Å²) in [6.07, 6.45) is 26.5. The van der Waals surface area contributed by atoms with E-state index in [9.17, 15) is 39.3 Å². The Morgan fingerprint density at radius 2 is 1.14 bits per heavy atom. The lowest BCUT2D eigenvalue weighted by atomic mass is 9.82. The first kappa shape index (κ1) is 60.9. The minimum Gasteiger partial charge on any atom is -0.444 e. The van der Waals surface area contributed by atoms with Crippen molar-refractivity contribution in [1.29, 1.82) is 0 Å². The number of ether oxygens (including phenoxy) is 2. The van der Waals surface area contributed by atoms with Gasteiger partial charge in [-0.15, -0.1) is 0 Å². The largest absolute Gasteiger partial charge is 0.444 e. The number of rotatable bonds is 37. The molecular formula is C51H95N5O10. The van der Waals surface area contributed by atoms with Crippen LogP contribution in [0.15, 0.2) is 12.2 Å². The van der Waals surface area contributed by atoms with Crippen molar-refractivity contribution in [2.24, 2.45) is 11.7 Å². The summed E-state index contributed by atoms with van der Waals surface area (Å²) in [5.74, 6) is -6.58. The summed E-state index contributed by atoms with van der Waals surface area (Å²) in [4.78, 5) is 67.6. The van der Waals surface area contributed by atoms with Gasteiger partial charge in [0.2, 0.25) is 23.6 Å². The van der Waals surface area contributed by atoms with Crippen LogP contribution >= 0.6 is 0 Å². The molecule has 8 N–H and O–H groups in total. The number of carbonyl (C=O) groups is 5. The van der Waals surface area contributed by atoms with Crippen LogP contribution in [-0.2, 0) is 28.7 Å². The first-order valence-corrected chi connectivity index (χ1v) is 25.9. The lowest BCUT2D eigenvalue weighted by Gasteiger charge is -2.52. The average molecular weight is 938 g/mol. The number of alkyl carbamates (subject to hydrolysis) is 1. The summed E-state index contributed by atoms with van der Waals surface area (Å²) < 4.78 is 11.3. The summed E-state index contributed by atoms with van der Waals surface area (Å²) in [6, 6.07) is -2.20. The number of hydrogen-bond acceptors (Lipinski definition) is 11. The van der Waals surface area contributed by atoms with Gasteiger partial charge < -0.3 is 45.6 Å². The Kier molecular flexibility index (Phi) is 32.4. The molecule has 1 aliphatic heterocycles. The molecule has 1 heterocycles. The highest BCUT2D eigenvalue weighted by molar-refractivity contribution is 5.94. The number of nitrogens with two attached hydrogens (primary N) is 1. The van der Waals surface area contributed by atoms with Crippen LogP contribution in [0.4, 0.5) is 4.79 Å². The molecular weight excluding hydrogens is 843 g/mol. The molecule has 0 aliphatic carbocycles. The molecule has 0 aromatic carbocycles. The van der Waals surface area contributed by atoms with Gasteiger partial charge in [-0.25, -0.2) is 4.79 Å². The number of hydrogen-bond donors (Lipinski definition) is 7. The van der Waals surface area contributed by atoms with Crippen molar-refractivity contribution in [3.63, 3.8) is 0 Å². The molecule has 1 rings (SSSR count). The van der Waals surface area contributed by atoms with Crippen molar-refractivity contribution in [3.05, 3.63) is 12.2 Å². The Hall–Kier alpha value is -3.11. The van der Waals surface area contributed by atoms with Gasteiger partial charge in [0.1, 0.15) is 35.8 Å². The fraction of sp³-hybridized carbons (Fsp3) is 0.863. The number of ketones is 1. The van der Waals surface area contributed by atoms with Gasteiger partial charge in [0, 0.05) is 13.0 Å². The predicted octanol–water partition coefficient (Wildman–Crippen LogP) is 8.00. The number of unbranched alkanes of at least 4 members (excludes halogenated alkanes) is 22. The Bertz CT molecular complexity index is 1390. The zero-order valence-corrected chi connectivity index (χ0v) is 42.3. The van der Waals surface area contributed by atoms with Crippen molar-refractivity contribution in [3.8, 4) is 0 Å². The number of aliphatic hydroxyl groups is 3. The second-order valence-electron chi connectivity index (χ2n) is 19.6. The first-order chi connectivity index (χ1) is 31.4. The zero-order valence-electron chi connectivity index (χ0n) is 42.3. The Labute approximate surface area is 398 Å². The van der Waals surface area contributed by atoms with Crippen LogP contribution in [0, 0.1) is 5.92 Å². The monoisotopic (exact) mass is 938 g/mol. The third kappa shape index (κ3) is 25.3. The van der Waals surface area contributed by atoms with E-state index in [-0.39, 0.29) is 18.9 Å². The molecule has 66 heavy (non-hydrogen) atoms. The Morgan fingerprint density at radius 3 is 1.62 bits per heavy atom. The van der Waals surface area contributed by atoms with Crippen LogP contribution in [-0.4, -0.2) is 111 Å². The van der Waals surface area contributed by atoms with E-state index in [0.717, 1.165) is 64.2 Å². The van der Waals surface area contributed by atoms with E-state index in [2.05, 4.69) is 41.9 Å². The Morgan fingerprint density at radius 1 is 0.682 bits per heavy atom. The van der Waals surface area contributed by atoms with E-state index < -0.39 is 84.6 Å². The van der Waals surface area contributed by atoms with E-state index in [1.165, 1.54) is 102 Å². The third-order valence-corrected chi connectivity index (χ3v) is 12.3. The van der Waals surface area contributed by atoms with E-state index in [1.54, 1.807) is 20.8 Å². The average Bonchev–Trinajstić information content (AvgIpc) is 3.26. The van der Waals surface area contributed by atoms with E-state index in [0.29, 0.717) is 12.8 Å². The summed E-state index contributed by atoms with van der Waals surface area (Å²) in [7, 11) is 0. The van der Waals surface area contributed by atoms with Crippen LogP contribution in [0.2, 0.25) is 0 Å². The predicted molar refractivity (Wildman–Crippen MR) is 261 cm³/mol. The molecule has 15 heteroatoms. The van der Waals surface area contributed by atoms with Gasteiger partial charge in [0.25, 0.3) is 0 Å². The quantitative estimate of drug-likeness (QED) is 0.0179. The number of nitrogens with zero attached hydrogens (tertiary/aromatic N) is 1. The van der Waals surface area contributed by atoms with Crippen LogP contribution < -0.4 is 21.7 Å². The Balaban J connectivity index is 3.01. The smallest absolute Gasteiger partial charge is 0.408 e. The summed E-state index contributed by atoms with van der Waals surface area (Å²) >= 11 is 0. The minimum absolute atomic E-state index is 0.119. The van der Waals surface area contributed by atoms with Crippen LogP contribution in [0.25, 0.3) is 0 Å². The fourth-order valence-electron chi connectivity index (χ4n) is 8.32. The fourth-order valence-corrected chi connectivity index (χ4v) is 8.32. The van der Waals surface area contributed by atoms with Gasteiger partial charge in [-0.05, 0) is 73.1 Å². The molecule has 0 spiro atoms. The maximum absolute atomic E-state index is 14.2. The zero-order chi connectivity index (χ0) is 49.4. The summed E-state index contributed by atoms with van der Waals surface area (Å²) in [5, 5.41) is 40.0. The highest BCUT2D eigenvalue weighted by atomic mass is 16.6. The molecule has 384 valence electrons. The molecule has 1 saturated heterocycles. The van der Waals surface area contributed by atoms with Gasteiger partial charge in [0.15, 0.2) is 5.78 Å². The molecule has 0 radical (unpaired) electrons. The normalized spacial score (nSPS) is 20.7. The molecule has 0 aromatic heterocycles. The van der Waals surface area contributed by atoms with Gasteiger partial charge in [-0.3, -0.25) is 24.9 Å². The van der Waals surface area contributed by atoms with Gasteiger partial charge in [-0.1, -0.05) is 148 Å². The third-order valence-electron chi connectivity index (χ3n) is 12.3. The standard InChI is InChI=1S/C51H95N5O10/c1-8-10-12-14-16-18-20-22-23-24-25-27-29-31-33-35-43(59)56(36-34-32-30-28-26-21-19-17-15-13-11-9-2)51(52)44(46(61)45(60)42(38-57)65-51)41(58)37-53-47(62)39(3)54-48(63)40(4)55-49(64)66-50(5,6)7/h22-23,39-40,42,44-46,57,60-61H,8-21,24-38,52H2,1-7H3,(H,53,62)(H,54,63)(H,55,64)/b23-22-/t39-,40-,42+,44+,45+,46+,51-/m0/s1. The molecule has 7 atom stereocenters. The number of Topliss-reactive ketones (excluding diaryl/α,β-unsaturated/α-hetero) is 1. The maximum atomic E-state index is 14.2. The molecule has 0 aromatic rings. The van der Waals surface area contributed by atoms with Crippen molar-refractivity contribution < 1.29 is 48.8 Å².